The van der Waals surface area contributed by atoms with Gasteiger partial charge in [0.15, 0.2) is 17.3 Å². The minimum atomic E-state index is -6.07. The maximum Gasteiger partial charge on any atom is 0.311 e. The van der Waals surface area contributed by atoms with Crippen molar-refractivity contribution in [3.05, 3.63) is 119 Å². The Morgan fingerprint density at radius 2 is 1.17 bits per heavy atom. The van der Waals surface area contributed by atoms with Crippen molar-refractivity contribution in [2.75, 3.05) is 37.5 Å². The molecule has 0 aromatic heterocycles. The molecule has 0 saturated heterocycles. The fourth-order valence-corrected chi connectivity index (χ4v) is 14.6. The highest BCUT2D eigenvalue weighted by molar-refractivity contribution is 7.87. The Bertz CT molecular complexity index is 4410. The zero-order valence-electron chi connectivity index (χ0n) is 44.2. The van der Waals surface area contributed by atoms with E-state index in [4.69, 9.17) is 4.74 Å². The number of allylic oxidation sites excluding steroid dienone is 6. The van der Waals surface area contributed by atoms with Crippen molar-refractivity contribution >= 4 is 105 Å². The molecular formula is C51H47F4N2O21S6-5. The number of fused-ring (bicyclic) bond motifs is 6. The molecule has 2 aliphatic heterocycles. The maximum atomic E-state index is 14.6. The number of nitrogens with zero attached hydrogens (tertiary/aromatic N) is 2. The quantitative estimate of drug-likeness (QED) is 0.0110. The van der Waals surface area contributed by atoms with Crippen molar-refractivity contribution in [2.24, 2.45) is 0 Å². The second-order valence-electron chi connectivity index (χ2n) is 19.8. The fourth-order valence-electron chi connectivity index (χ4n) is 10.8. The first-order chi connectivity index (χ1) is 38.7. The van der Waals surface area contributed by atoms with Gasteiger partial charge in [-0.15, -0.1) is 0 Å². The van der Waals surface area contributed by atoms with Crippen molar-refractivity contribution < 1.29 is 114 Å². The SMILES string of the molecule is CCN1/C(=C/C=C/C=C/C2=[N+](CCCCCC(=O)Oc3c(F)c(F)c(S(=O)(=O)[O-])c(F)c3F)c3ccc4c(S(=O)(=O)[O-])cc(S(=O)(=O)[O-])cc4c3C2(C)CCOC)C(C)(CCCS(=O)(=O)[O-])c2c1ccc1c(S(=O)(=O)[O-])cc(S(=O)(=O)[O-])cc21. The monoisotopic (exact) mass is 1290 g/mol. The molecule has 2 aliphatic rings. The number of benzene rings is 5. The third-order valence-corrected chi connectivity index (χ3v) is 19.5. The van der Waals surface area contributed by atoms with Crippen LogP contribution in [0.5, 0.6) is 5.75 Å². The summed E-state index contributed by atoms with van der Waals surface area (Å²) in [7, 11) is -31.3. The number of carbonyl (C=O) groups is 1. The number of likely N-dealkylation sites (N-methyl/N-ethyl adjacent to an activating group) is 1. The summed E-state index contributed by atoms with van der Waals surface area (Å²) in [5.74, 6) is -14.5. The van der Waals surface area contributed by atoms with E-state index in [1.54, 1.807) is 42.4 Å². The van der Waals surface area contributed by atoms with Gasteiger partial charge in [0.1, 0.15) is 62.0 Å². The zero-order chi connectivity index (χ0) is 62.7. The van der Waals surface area contributed by atoms with Gasteiger partial charge >= 0.3 is 5.97 Å². The molecule has 5 aromatic carbocycles. The smallest absolute Gasteiger partial charge is 0.311 e. The summed E-state index contributed by atoms with van der Waals surface area (Å²) in [6.45, 7) is 5.07. The summed E-state index contributed by atoms with van der Waals surface area (Å²) in [5, 5.41) is -0.811. The maximum absolute atomic E-state index is 14.6. The molecule has 0 radical (unpaired) electrons. The molecule has 84 heavy (non-hydrogen) atoms. The number of hydrogen-bond acceptors (Lipinski definition) is 22. The number of rotatable bonds is 23. The molecule has 0 fully saturated rings. The molecule has 7 rings (SSSR count). The largest absolute Gasteiger partial charge is 0.748 e. The Kier molecular flexibility index (Phi) is 18.4. The molecule has 23 nitrogen and oxygen atoms in total. The molecule has 2 unspecified atom stereocenters. The van der Waals surface area contributed by atoms with Crippen molar-refractivity contribution in [1.29, 1.82) is 0 Å². The van der Waals surface area contributed by atoms with Crippen LogP contribution in [-0.4, -0.2) is 127 Å². The fraction of sp³-hybridized carbons (Fsp3) is 0.333. The van der Waals surface area contributed by atoms with E-state index in [1.165, 1.54) is 49.6 Å². The summed E-state index contributed by atoms with van der Waals surface area (Å²) in [4.78, 5) is 7.79. The first-order valence-corrected chi connectivity index (χ1v) is 33.3. The van der Waals surface area contributed by atoms with Gasteiger partial charge in [0.25, 0.3) is 0 Å². The van der Waals surface area contributed by atoms with Crippen LogP contribution in [0, 0.1) is 23.3 Å². The van der Waals surface area contributed by atoms with Gasteiger partial charge in [-0.1, -0.05) is 24.3 Å². The molecule has 2 atom stereocenters. The van der Waals surface area contributed by atoms with E-state index >= 15 is 0 Å². The summed E-state index contributed by atoms with van der Waals surface area (Å²) >= 11 is 0. The average molecular weight is 1290 g/mol. The van der Waals surface area contributed by atoms with Crippen LogP contribution in [0.25, 0.3) is 21.5 Å². The third-order valence-electron chi connectivity index (χ3n) is 14.4. The van der Waals surface area contributed by atoms with E-state index in [2.05, 4.69) is 4.74 Å². The van der Waals surface area contributed by atoms with E-state index in [9.17, 15) is 100 Å². The van der Waals surface area contributed by atoms with Crippen LogP contribution in [0.1, 0.15) is 76.8 Å². The van der Waals surface area contributed by atoms with Gasteiger partial charge in [-0.3, -0.25) is 4.79 Å². The second-order valence-corrected chi connectivity index (χ2v) is 28.1. The first kappa shape index (κ1) is 65.5. The zero-order valence-corrected chi connectivity index (χ0v) is 49.1. The highest BCUT2D eigenvalue weighted by Crippen LogP contribution is 2.54. The van der Waals surface area contributed by atoms with Gasteiger partial charge in [0.2, 0.25) is 23.1 Å². The molecule has 5 aromatic rings. The van der Waals surface area contributed by atoms with Crippen LogP contribution < -0.4 is 9.64 Å². The molecule has 0 amide bonds. The van der Waals surface area contributed by atoms with Crippen LogP contribution in [0.15, 0.2) is 109 Å². The van der Waals surface area contributed by atoms with Crippen LogP contribution >= 0.6 is 0 Å². The molecule has 0 N–H and O–H groups in total. The Morgan fingerprint density at radius 3 is 1.67 bits per heavy atom. The lowest BCUT2D eigenvalue weighted by Crippen LogP contribution is -2.33. The number of halogens is 4. The number of methoxy groups -OCH3 is 1. The Labute approximate surface area is 480 Å². The van der Waals surface area contributed by atoms with E-state index in [0.29, 0.717) is 29.2 Å². The number of unbranched alkanes of at least 4 members (excludes halogenated alkanes) is 2. The van der Waals surface area contributed by atoms with E-state index in [-0.39, 0.29) is 96.6 Å². The van der Waals surface area contributed by atoms with Crippen LogP contribution in [0.4, 0.5) is 28.9 Å². The minimum Gasteiger partial charge on any atom is -0.748 e. The Balaban J connectivity index is 1.33. The number of anilines is 1. The predicted octanol–water partition coefficient (Wildman–Crippen LogP) is 5.75. The van der Waals surface area contributed by atoms with E-state index in [1.807, 2.05) is 0 Å². The number of ether oxygens (including phenoxy) is 2. The molecule has 2 heterocycles. The highest BCUT2D eigenvalue weighted by Gasteiger charge is 2.49. The lowest BCUT2D eigenvalue weighted by atomic mass is 9.75. The summed E-state index contributed by atoms with van der Waals surface area (Å²) in [6.07, 6.45) is 6.64. The summed E-state index contributed by atoms with van der Waals surface area (Å²) < 4.78 is 290. The molecule has 33 heteroatoms. The van der Waals surface area contributed by atoms with Crippen LogP contribution in [0.2, 0.25) is 0 Å². The summed E-state index contributed by atoms with van der Waals surface area (Å²) in [5.41, 5.74) is -0.991. The predicted molar refractivity (Wildman–Crippen MR) is 282 cm³/mol. The van der Waals surface area contributed by atoms with E-state index in [0.717, 1.165) is 12.1 Å². The first-order valence-electron chi connectivity index (χ1n) is 24.7. The highest BCUT2D eigenvalue weighted by atomic mass is 32.2. The van der Waals surface area contributed by atoms with Crippen molar-refractivity contribution in [2.45, 2.75) is 101 Å². The summed E-state index contributed by atoms with van der Waals surface area (Å²) in [6, 6.07) is 8.04. The molecule has 0 saturated carbocycles. The molecule has 456 valence electrons. The van der Waals surface area contributed by atoms with Gasteiger partial charge in [0.05, 0.1) is 35.1 Å². The standard InChI is InChI=1S/C51H52F4N2O21S6/c1-5-56-35-18-16-31-33(25-29(80(62,63)64)27-37(31)82(68,69)70)42(35)50(2,20-12-24-79(59,60)61)39(56)13-8-6-9-14-40-51(3,21-23-77-4)43-34-26-30(81(65,66)67)28-38(83(71,72)73)32(34)17-19-36(43)57(40)22-11-7-10-15-41(58)78-48-44(52)46(54)49(84(74,75)76)47(55)45(48)53/h6,8-9,13-14,16-19,25-28H,5,7,10-12,15,20-24H2,1-4H3,(H5-,59,60,61,62,63,64,65,66,67,68,69,70,71,72,73,74,75,76)/p-5. The molecule has 0 spiro atoms. The van der Waals surface area contributed by atoms with Crippen molar-refractivity contribution in [3.63, 3.8) is 0 Å². The molecule has 0 bridgehead atoms. The Hall–Kier alpha value is -6.08. The van der Waals surface area contributed by atoms with Gasteiger partial charge in [-0.25, -0.2) is 59.3 Å². The second kappa shape index (κ2) is 23.6. The Morgan fingerprint density at radius 1 is 0.619 bits per heavy atom. The molecule has 0 aliphatic carbocycles. The average Bonchev–Trinajstić information content (AvgIpc) is 1.58. The topological polar surface area (TPSA) is 385 Å². The van der Waals surface area contributed by atoms with Crippen LogP contribution in [-0.2, 0) is 81.1 Å². The van der Waals surface area contributed by atoms with Gasteiger partial charge in [-0.2, -0.15) is 13.4 Å². The number of hydrogen-bond donors (Lipinski definition) is 0. The third kappa shape index (κ3) is 13.0. The van der Waals surface area contributed by atoms with Crippen LogP contribution in [0.3, 0.4) is 0 Å². The van der Waals surface area contributed by atoms with Crippen molar-refractivity contribution in [3.8, 4) is 5.75 Å². The minimum absolute atomic E-state index is 0.0134. The molecular weight excluding hydrogens is 1240 g/mol. The van der Waals surface area contributed by atoms with Crippen molar-refractivity contribution in [1.82, 2.24) is 0 Å². The van der Waals surface area contributed by atoms with E-state index < -0.39 is 143 Å². The lowest BCUT2D eigenvalue weighted by Gasteiger charge is -2.30. The lowest BCUT2D eigenvalue weighted by molar-refractivity contribution is -0.438. The van der Waals surface area contributed by atoms with Gasteiger partial charge < -0.3 is 41.7 Å². The number of carbonyl (C=O) groups excluding carboxylic acids is 1. The number of esters is 1. The van der Waals surface area contributed by atoms with Gasteiger partial charge in [0, 0.05) is 78.7 Å². The normalized spacial score (nSPS) is 18.5. The van der Waals surface area contributed by atoms with Gasteiger partial charge in [-0.05, 0) is 117 Å².